The van der Waals surface area contributed by atoms with Gasteiger partial charge in [0.25, 0.3) is 0 Å². The zero-order valence-electron chi connectivity index (χ0n) is 10.3. The van der Waals surface area contributed by atoms with Crippen LogP contribution in [-0.4, -0.2) is 15.7 Å². The van der Waals surface area contributed by atoms with Crippen LogP contribution in [-0.2, 0) is 16.9 Å². The normalized spacial score (nSPS) is 16.1. The Morgan fingerprint density at radius 1 is 1.42 bits per heavy atom. The minimum absolute atomic E-state index is 0.00109. The second-order valence-electron chi connectivity index (χ2n) is 4.84. The van der Waals surface area contributed by atoms with Gasteiger partial charge in [-0.3, -0.25) is 9.48 Å². The van der Waals surface area contributed by atoms with Crippen molar-refractivity contribution in [2.24, 2.45) is 0 Å². The molecular weight excluding hydrogens is 306 g/mol. The molecule has 0 aliphatic heterocycles. The van der Waals surface area contributed by atoms with Gasteiger partial charge in [0.1, 0.15) is 6.54 Å². The van der Waals surface area contributed by atoms with E-state index in [-0.39, 0.29) is 18.0 Å². The summed E-state index contributed by atoms with van der Waals surface area (Å²) in [6.45, 7) is 0.267. The first-order chi connectivity index (χ1) is 9.18. The highest BCUT2D eigenvalue weighted by atomic mass is 79.9. The van der Waals surface area contributed by atoms with E-state index in [1.165, 1.54) is 0 Å². The fourth-order valence-electron chi connectivity index (χ4n) is 2.24. The van der Waals surface area contributed by atoms with Gasteiger partial charge in [-0.15, -0.1) is 0 Å². The molecule has 19 heavy (non-hydrogen) atoms. The molecule has 4 nitrogen and oxygen atoms in total. The number of nitrogens with zero attached hydrogens (tertiary/aromatic N) is 2. The number of rotatable bonds is 4. The first kappa shape index (κ1) is 12.4. The molecule has 1 aromatic heterocycles. The molecule has 1 aromatic carbocycles. The molecule has 1 fully saturated rings. The number of hydrogen-bond acceptors (Lipinski definition) is 2. The summed E-state index contributed by atoms with van der Waals surface area (Å²) in [5.74, 6) is 0.00109. The lowest BCUT2D eigenvalue weighted by molar-refractivity contribution is -0.122. The lowest BCUT2D eigenvalue weighted by atomic mass is 10.1. The smallest absolute Gasteiger partial charge is 0.242 e. The van der Waals surface area contributed by atoms with E-state index in [1.807, 2.05) is 18.2 Å². The van der Waals surface area contributed by atoms with Crippen molar-refractivity contribution in [3.8, 4) is 0 Å². The van der Waals surface area contributed by atoms with Crippen molar-refractivity contribution in [3.05, 3.63) is 52.8 Å². The minimum Gasteiger partial charge on any atom is -0.345 e. The van der Waals surface area contributed by atoms with Crippen molar-refractivity contribution < 1.29 is 4.79 Å². The minimum atomic E-state index is -0.173. The Balaban J connectivity index is 1.70. The fraction of sp³-hybridized carbons (Fsp3) is 0.286. The molecule has 1 aliphatic rings. The Hall–Kier alpha value is -1.62. The summed E-state index contributed by atoms with van der Waals surface area (Å²) in [5, 5.41) is 7.17. The van der Waals surface area contributed by atoms with Gasteiger partial charge >= 0.3 is 0 Å². The summed E-state index contributed by atoms with van der Waals surface area (Å²) in [6.07, 6.45) is 5.45. The number of hydrogen-bond donors (Lipinski definition) is 1. The van der Waals surface area contributed by atoms with Crippen molar-refractivity contribution in [1.82, 2.24) is 15.1 Å². The molecule has 0 saturated heterocycles. The van der Waals surface area contributed by atoms with Gasteiger partial charge in [0.05, 0.1) is 5.54 Å². The number of benzene rings is 1. The zero-order chi connectivity index (χ0) is 13.3. The Bertz CT molecular complexity index is 590. The molecule has 0 unspecified atom stereocenters. The Morgan fingerprint density at radius 2 is 2.26 bits per heavy atom. The van der Waals surface area contributed by atoms with E-state index in [0.717, 1.165) is 22.9 Å². The SMILES string of the molecule is O=C(Cn1cccn1)NC1(c2cccc(Br)c2)CC1. The van der Waals surface area contributed by atoms with Crippen molar-refractivity contribution in [2.75, 3.05) is 0 Å². The van der Waals surface area contributed by atoms with Gasteiger partial charge in [-0.25, -0.2) is 0 Å². The molecule has 0 bridgehead atoms. The van der Waals surface area contributed by atoms with E-state index in [0.29, 0.717) is 0 Å². The summed E-state index contributed by atoms with van der Waals surface area (Å²) < 4.78 is 2.67. The molecule has 1 N–H and O–H groups in total. The van der Waals surface area contributed by atoms with Crippen molar-refractivity contribution >= 4 is 21.8 Å². The third-order valence-corrected chi connectivity index (χ3v) is 3.86. The second-order valence-corrected chi connectivity index (χ2v) is 5.76. The van der Waals surface area contributed by atoms with Gasteiger partial charge in [-0.1, -0.05) is 28.1 Å². The number of nitrogens with one attached hydrogen (secondary N) is 1. The highest BCUT2D eigenvalue weighted by molar-refractivity contribution is 9.10. The van der Waals surface area contributed by atoms with E-state index in [2.05, 4.69) is 38.5 Å². The van der Waals surface area contributed by atoms with Crippen LogP contribution >= 0.6 is 15.9 Å². The van der Waals surface area contributed by atoms with E-state index in [4.69, 9.17) is 0 Å². The number of carbonyl (C=O) groups is 1. The quantitative estimate of drug-likeness (QED) is 0.941. The molecule has 1 amide bonds. The molecule has 0 spiro atoms. The van der Waals surface area contributed by atoms with Crippen molar-refractivity contribution in [3.63, 3.8) is 0 Å². The Labute approximate surface area is 119 Å². The maximum Gasteiger partial charge on any atom is 0.242 e. The van der Waals surface area contributed by atoms with Crippen LogP contribution in [0, 0.1) is 0 Å². The first-order valence-corrected chi connectivity index (χ1v) is 7.02. The van der Waals surface area contributed by atoms with Gasteiger partial charge in [0.2, 0.25) is 5.91 Å². The largest absolute Gasteiger partial charge is 0.345 e. The lowest BCUT2D eigenvalue weighted by Gasteiger charge is -2.18. The van der Waals surface area contributed by atoms with E-state index < -0.39 is 0 Å². The van der Waals surface area contributed by atoms with Gasteiger partial charge in [0, 0.05) is 16.9 Å². The molecule has 1 saturated carbocycles. The monoisotopic (exact) mass is 319 g/mol. The number of halogens is 1. The standard InChI is InChI=1S/C14H14BrN3O/c15-12-4-1-3-11(9-12)14(5-6-14)17-13(19)10-18-8-2-7-16-18/h1-4,7-9H,5-6,10H2,(H,17,19). The van der Waals surface area contributed by atoms with Crippen LogP contribution in [0.4, 0.5) is 0 Å². The summed E-state index contributed by atoms with van der Waals surface area (Å²) in [5.41, 5.74) is 0.990. The molecule has 0 atom stereocenters. The molecule has 5 heteroatoms. The number of aromatic nitrogens is 2. The average molecular weight is 320 g/mol. The summed E-state index contributed by atoms with van der Waals surface area (Å²) in [6, 6.07) is 9.94. The van der Waals surface area contributed by atoms with E-state index in [9.17, 15) is 4.79 Å². The van der Waals surface area contributed by atoms with E-state index in [1.54, 1.807) is 17.1 Å². The van der Waals surface area contributed by atoms with Gasteiger partial charge in [0.15, 0.2) is 0 Å². The maximum atomic E-state index is 12.0. The van der Waals surface area contributed by atoms with Crippen LogP contribution in [0.3, 0.4) is 0 Å². The zero-order valence-corrected chi connectivity index (χ0v) is 11.9. The highest BCUT2D eigenvalue weighted by Gasteiger charge is 2.45. The van der Waals surface area contributed by atoms with Crippen LogP contribution in [0.1, 0.15) is 18.4 Å². The molecule has 3 rings (SSSR count). The van der Waals surface area contributed by atoms with Gasteiger partial charge in [-0.2, -0.15) is 5.10 Å². The second kappa shape index (κ2) is 4.81. The summed E-state index contributed by atoms with van der Waals surface area (Å²) in [7, 11) is 0. The Morgan fingerprint density at radius 3 is 2.89 bits per heavy atom. The molecule has 1 heterocycles. The molecule has 98 valence electrons. The van der Waals surface area contributed by atoms with Crippen LogP contribution in [0.25, 0.3) is 0 Å². The molecular formula is C14H14BrN3O. The van der Waals surface area contributed by atoms with Crippen LogP contribution in [0.15, 0.2) is 47.2 Å². The van der Waals surface area contributed by atoms with Crippen LogP contribution in [0.2, 0.25) is 0 Å². The summed E-state index contributed by atoms with van der Waals surface area (Å²) in [4.78, 5) is 12.0. The van der Waals surface area contributed by atoms with Crippen molar-refractivity contribution in [2.45, 2.75) is 24.9 Å². The average Bonchev–Trinajstić information content (AvgIpc) is 2.97. The van der Waals surface area contributed by atoms with Gasteiger partial charge in [-0.05, 0) is 36.6 Å². The predicted octanol–water partition coefficient (Wildman–Crippen LogP) is 2.45. The van der Waals surface area contributed by atoms with Crippen LogP contribution < -0.4 is 5.32 Å². The molecule has 1 aliphatic carbocycles. The summed E-state index contributed by atoms with van der Waals surface area (Å²) >= 11 is 3.47. The predicted molar refractivity (Wildman–Crippen MR) is 75.4 cm³/mol. The lowest BCUT2D eigenvalue weighted by Crippen LogP contribution is -2.37. The first-order valence-electron chi connectivity index (χ1n) is 6.22. The van der Waals surface area contributed by atoms with Gasteiger partial charge < -0.3 is 5.32 Å². The molecule has 0 radical (unpaired) electrons. The fourth-order valence-corrected chi connectivity index (χ4v) is 2.64. The third-order valence-electron chi connectivity index (χ3n) is 3.37. The number of carbonyl (C=O) groups excluding carboxylic acids is 1. The van der Waals surface area contributed by atoms with Crippen molar-refractivity contribution in [1.29, 1.82) is 0 Å². The maximum absolute atomic E-state index is 12.0. The number of amides is 1. The Kier molecular flexibility index (Phi) is 3.14. The highest BCUT2D eigenvalue weighted by Crippen LogP contribution is 2.45. The molecule has 2 aromatic rings. The third kappa shape index (κ3) is 2.71. The van der Waals surface area contributed by atoms with Crippen LogP contribution in [0.5, 0.6) is 0 Å². The topological polar surface area (TPSA) is 46.9 Å². The van der Waals surface area contributed by atoms with E-state index >= 15 is 0 Å².